The predicted molar refractivity (Wildman–Crippen MR) is 74.5 cm³/mol. The number of anilines is 1. The van der Waals surface area contributed by atoms with E-state index in [1.165, 1.54) is 11.3 Å². The van der Waals surface area contributed by atoms with Crippen LogP contribution in [0.5, 0.6) is 0 Å². The van der Waals surface area contributed by atoms with E-state index in [4.69, 9.17) is 4.74 Å². The first-order valence-corrected chi connectivity index (χ1v) is 8.21. The normalized spacial score (nSPS) is 12.1. The molecule has 0 aliphatic carbocycles. The van der Waals surface area contributed by atoms with Crippen molar-refractivity contribution >= 4 is 33.2 Å². The van der Waals surface area contributed by atoms with Gasteiger partial charge >= 0.3 is 5.97 Å². The lowest BCUT2D eigenvalue weighted by molar-refractivity contribution is -0.142. The molecule has 102 valence electrons. The highest BCUT2D eigenvalue weighted by Gasteiger charge is 2.08. The fraction of sp³-hybridized carbons (Fsp3) is 0.636. The molecule has 1 rings (SSSR count). The highest BCUT2D eigenvalue weighted by Crippen LogP contribution is 2.15. The van der Waals surface area contributed by atoms with Crippen molar-refractivity contribution in [2.75, 3.05) is 30.0 Å². The number of esters is 1. The van der Waals surface area contributed by atoms with Crippen LogP contribution in [0.3, 0.4) is 0 Å². The van der Waals surface area contributed by atoms with Crippen LogP contribution in [0.4, 0.5) is 5.13 Å². The summed E-state index contributed by atoms with van der Waals surface area (Å²) in [6.45, 7) is 4.69. The molecule has 5 nitrogen and oxygen atoms in total. The number of aromatic nitrogens is 1. The highest BCUT2D eigenvalue weighted by molar-refractivity contribution is 7.84. The second-order valence-corrected chi connectivity index (χ2v) is 6.21. The van der Waals surface area contributed by atoms with Gasteiger partial charge in [0, 0.05) is 34.2 Å². The van der Waals surface area contributed by atoms with Gasteiger partial charge in [-0.1, -0.05) is 6.92 Å². The van der Waals surface area contributed by atoms with Crippen molar-refractivity contribution in [3.63, 3.8) is 0 Å². The first-order chi connectivity index (χ1) is 8.65. The second-order valence-electron chi connectivity index (χ2n) is 3.49. The van der Waals surface area contributed by atoms with Crippen LogP contribution < -0.4 is 5.32 Å². The number of hydrogen-bond donors (Lipinski definition) is 1. The minimum absolute atomic E-state index is 0.201. The van der Waals surface area contributed by atoms with Crippen molar-refractivity contribution in [2.24, 2.45) is 0 Å². The number of nitrogens with one attached hydrogen (secondary N) is 1. The zero-order valence-electron chi connectivity index (χ0n) is 10.6. The summed E-state index contributed by atoms with van der Waals surface area (Å²) < 4.78 is 16.1. The summed E-state index contributed by atoms with van der Waals surface area (Å²) >= 11 is 1.44. The maximum absolute atomic E-state index is 11.2. The minimum atomic E-state index is -0.765. The van der Waals surface area contributed by atoms with E-state index in [0.717, 1.165) is 5.13 Å². The van der Waals surface area contributed by atoms with Gasteiger partial charge in [0.2, 0.25) is 0 Å². The Morgan fingerprint density at radius 1 is 1.56 bits per heavy atom. The molecule has 1 atom stereocenters. The molecule has 0 saturated heterocycles. The molecule has 0 aromatic carbocycles. The Labute approximate surface area is 113 Å². The van der Waals surface area contributed by atoms with Crippen molar-refractivity contribution in [2.45, 2.75) is 20.3 Å². The third-order valence-electron chi connectivity index (χ3n) is 2.11. The lowest BCUT2D eigenvalue weighted by Crippen LogP contribution is -2.12. The molecule has 0 saturated carbocycles. The topological polar surface area (TPSA) is 68.3 Å². The second kappa shape index (κ2) is 8.20. The molecule has 18 heavy (non-hydrogen) atoms. The lowest BCUT2D eigenvalue weighted by Gasteiger charge is -2.01. The molecule has 0 spiro atoms. The SMILES string of the molecule is CCOC(=O)Cc1csc(NCCS(=O)CC)n1. The maximum Gasteiger partial charge on any atom is 0.311 e. The van der Waals surface area contributed by atoms with E-state index < -0.39 is 10.8 Å². The van der Waals surface area contributed by atoms with Crippen LogP contribution in [-0.4, -0.2) is 39.8 Å². The zero-order chi connectivity index (χ0) is 13.4. The van der Waals surface area contributed by atoms with E-state index in [9.17, 15) is 9.00 Å². The van der Waals surface area contributed by atoms with Crippen LogP contribution in [0.15, 0.2) is 5.38 Å². The molecule has 0 bridgehead atoms. The van der Waals surface area contributed by atoms with Gasteiger partial charge in [-0.3, -0.25) is 9.00 Å². The van der Waals surface area contributed by atoms with Gasteiger partial charge in [0.05, 0.1) is 18.7 Å². The van der Waals surface area contributed by atoms with Gasteiger partial charge < -0.3 is 10.1 Å². The molecule has 1 aromatic rings. The van der Waals surface area contributed by atoms with Gasteiger partial charge in [-0.25, -0.2) is 4.98 Å². The Morgan fingerprint density at radius 2 is 2.33 bits per heavy atom. The largest absolute Gasteiger partial charge is 0.466 e. The molecular formula is C11H18N2O3S2. The summed E-state index contributed by atoms with van der Waals surface area (Å²) in [5.74, 6) is 1.03. The van der Waals surface area contributed by atoms with Gasteiger partial charge in [-0.05, 0) is 6.92 Å². The van der Waals surface area contributed by atoms with Crippen molar-refractivity contribution < 1.29 is 13.7 Å². The van der Waals surface area contributed by atoms with Gasteiger partial charge in [-0.2, -0.15) is 0 Å². The van der Waals surface area contributed by atoms with Gasteiger partial charge in [0.15, 0.2) is 5.13 Å². The zero-order valence-corrected chi connectivity index (χ0v) is 12.2. The summed E-state index contributed by atoms with van der Waals surface area (Å²) in [7, 11) is -0.765. The average Bonchev–Trinajstić information content (AvgIpc) is 2.76. The van der Waals surface area contributed by atoms with Crippen molar-refractivity contribution in [3.8, 4) is 0 Å². The van der Waals surface area contributed by atoms with E-state index in [1.807, 2.05) is 12.3 Å². The molecule has 1 unspecified atom stereocenters. The van der Waals surface area contributed by atoms with Crippen LogP contribution in [0, 0.1) is 0 Å². The minimum Gasteiger partial charge on any atom is -0.466 e. The molecule has 0 aliphatic heterocycles. The van der Waals surface area contributed by atoms with E-state index >= 15 is 0 Å². The molecule has 0 amide bonds. The number of rotatable bonds is 8. The average molecular weight is 290 g/mol. The standard InChI is InChI=1S/C11H18N2O3S2/c1-3-16-10(14)7-9-8-17-11(13-9)12-5-6-18(15)4-2/h8H,3-7H2,1-2H3,(H,12,13). The Kier molecular flexibility index (Phi) is 6.89. The summed E-state index contributed by atoms with van der Waals surface area (Å²) in [5.41, 5.74) is 0.706. The maximum atomic E-state index is 11.2. The Bertz CT molecular complexity index is 407. The van der Waals surface area contributed by atoms with Crippen molar-refractivity contribution in [1.82, 2.24) is 4.98 Å². The Hall–Kier alpha value is -0.950. The number of ether oxygens (including phenoxy) is 1. The summed E-state index contributed by atoms with van der Waals surface area (Å²) in [6.07, 6.45) is 0.201. The van der Waals surface area contributed by atoms with E-state index in [2.05, 4.69) is 10.3 Å². The van der Waals surface area contributed by atoms with Crippen LogP contribution in [0.2, 0.25) is 0 Å². The van der Waals surface area contributed by atoms with E-state index in [0.29, 0.717) is 30.4 Å². The predicted octanol–water partition coefficient (Wildman–Crippen LogP) is 1.43. The monoisotopic (exact) mass is 290 g/mol. The summed E-state index contributed by atoms with van der Waals surface area (Å²) in [6, 6.07) is 0. The molecule has 1 heterocycles. The molecule has 0 radical (unpaired) electrons. The van der Waals surface area contributed by atoms with E-state index in [1.54, 1.807) is 6.92 Å². The van der Waals surface area contributed by atoms with Gasteiger partial charge in [0.25, 0.3) is 0 Å². The first kappa shape index (κ1) is 15.1. The third-order valence-corrected chi connectivity index (χ3v) is 4.26. The third kappa shape index (κ3) is 5.59. The van der Waals surface area contributed by atoms with Crippen LogP contribution in [0.1, 0.15) is 19.5 Å². The molecule has 0 fully saturated rings. The van der Waals surface area contributed by atoms with Gasteiger partial charge in [-0.15, -0.1) is 11.3 Å². The number of carbonyl (C=O) groups excluding carboxylic acids is 1. The number of thiazole rings is 1. The molecular weight excluding hydrogens is 272 g/mol. The van der Waals surface area contributed by atoms with Gasteiger partial charge in [0.1, 0.15) is 0 Å². The Balaban J connectivity index is 2.34. The number of nitrogens with zero attached hydrogens (tertiary/aromatic N) is 1. The van der Waals surface area contributed by atoms with Crippen LogP contribution in [-0.2, 0) is 26.8 Å². The van der Waals surface area contributed by atoms with Crippen molar-refractivity contribution in [3.05, 3.63) is 11.1 Å². The Morgan fingerprint density at radius 3 is 3.00 bits per heavy atom. The highest BCUT2D eigenvalue weighted by atomic mass is 32.2. The summed E-state index contributed by atoms with van der Waals surface area (Å²) in [5, 5.41) is 5.68. The smallest absolute Gasteiger partial charge is 0.311 e. The van der Waals surface area contributed by atoms with E-state index in [-0.39, 0.29) is 12.4 Å². The number of carbonyl (C=O) groups is 1. The van der Waals surface area contributed by atoms with Crippen molar-refractivity contribution in [1.29, 1.82) is 0 Å². The lowest BCUT2D eigenvalue weighted by atomic mass is 10.3. The molecule has 7 heteroatoms. The summed E-state index contributed by atoms with van der Waals surface area (Å²) in [4.78, 5) is 15.5. The number of hydrogen-bond acceptors (Lipinski definition) is 6. The van der Waals surface area contributed by atoms with Crippen LogP contribution in [0.25, 0.3) is 0 Å². The quantitative estimate of drug-likeness (QED) is 0.734. The fourth-order valence-corrected chi connectivity index (χ4v) is 2.60. The molecule has 1 N–H and O–H groups in total. The van der Waals surface area contributed by atoms with Crippen LogP contribution >= 0.6 is 11.3 Å². The fourth-order valence-electron chi connectivity index (χ4n) is 1.25. The first-order valence-electron chi connectivity index (χ1n) is 5.84. The molecule has 0 aliphatic rings. The molecule has 1 aromatic heterocycles.